The van der Waals surface area contributed by atoms with Crippen molar-refractivity contribution in [3.8, 4) is 0 Å². The second-order valence-corrected chi connectivity index (χ2v) is 12.1. The number of carbonyl (C=O) groups is 2. The minimum Gasteiger partial charge on any atom is -0.478 e. The topological polar surface area (TPSA) is 79.7 Å². The van der Waals surface area contributed by atoms with Gasteiger partial charge in [0.25, 0.3) is 0 Å². The van der Waals surface area contributed by atoms with Crippen LogP contribution in [0.2, 0.25) is 10.0 Å². The van der Waals surface area contributed by atoms with Crippen molar-refractivity contribution >= 4 is 52.5 Å². The van der Waals surface area contributed by atoms with Crippen LogP contribution in [0.1, 0.15) is 71.9 Å². The summed E-state index contributed by atoms with van der Waals surface area (Å²) in [5.41, 5.74) is 4.94. The zero-order valence-corrected chi connectivity index (χ0v) is 24.4. The number of carbonyl (C=O) groups excluding carboxylic acids is 1. The Bertz CT molecular complexity index is 1620. The standard InChI is InChI=1S/C32H29Cl2FN2O4/c1-32(2,3)41-31(40)37-16-19(17-37)11-18-12-27(35)29(36-15-18)28-23-9-7-21(30(38)39)13-20(23)5-4-6-25(28)24-10-8-22(33)14-26(24)34/h7-15H,4-6,16-17H2,1-3H3,(H,38,39). The van der Waals surface area contributed by atoms with E-state index in [9.17, 15) is 14.7 Å². The Hall–Kier alpha value is -3.68. The molecule has 1 aliphatic carbocycles. The van der Waals surface area contributed by atoms with Crippen molar-refractivity contribution in [2.45, 2.75) is 45.6 Å². The van der Waals surface area contributed by atoms with Gasteiger partial charge in [0.05, 0.1) is 5.56 Å². The molecule has 1 amide bonds. The molecule has 3 aromatic rings. The highest BCUT2D eigenvalue weighted by molar-refractivity contribution is 6.36. The highest BCUT2D eigenvalue weighted by Gasteiger charge is 2.30. The summed E-state index contributed by atoms with van der Waals surface area (Å²) in [4.78, 5) is 30.1. The van der Waals surface area contributed by atoms with Crippen LogP contribution in [0.4, 0.5) is 9.18 Å². The maximum atomic E-state index is 15.9. The Kier molecular flexibility index (Phi) is 7.95. The first-order chi connectivity index (χ1) is 19.4. The van der Waals surface area contributed by atoms with Crippen LogP contribution in [-0.4, -0.2) is 45.7 Å². The molecule has 0 unspecified atom stereocenters. The quantitative estimate of drug-likeness (QED) is 0.329. The van der Waals surface area contributed by atoms with E-state index in [2.05, 4.69) is 4.98 Å². The van der Waals surface area contributed by atoms with Crippen LogP contribution in [0.5, 0.6) is 0 Å². The average Bonchev–Trinajstić information content (AvgIpc) is 3.04. The van der Waals surface area contributed by atoms with Gasteiger partial charge in [-0.15, -0.1) is 0 Å². The number of hydrogen-bond donors (Lipinski definition) is 1. The molecule has 0 atom stereocenters. The SMILES string of the molecule is CC(C)(C)OC(=O)N1CC(=Cc2cnc(C3=C(c4ccc(Cl)cc4Cl)CCCc4cc(C(=O)O)ccc43)c(F)c2)C1. The second-order valence-electron chi connectivity index (χ2n) is 11.2. The van der Waals surface area contributed by atoms with E-state index in [0.29, 0.717) is 53.5 Å². The molecule has 2 heterocycles. The smallest absolute Gasteiger partial charge is 0.410 e. The largest absolute Gasteiger partial charge is 0.478 e. The van der Waals surface area contributed by atoms with E-state index >= 15 is 4.39 Å². The van der Waals surface area contributed by atoms with E-state index in [1.165, 1.54) is 12.1 Å². The van der Waals surface area contributed by atoms with Gasteiger partial charge in [-0.3, -0.25) is 4.98 Å². The summed E-state index contributed by atoms with van der Waals surface area (Å²) in [6.45, 7) is 6.26. The van der Waals surface area contributed by atoms with Gasteiger partial charge >= 0.3 is 12.1 Å². The predicted octanol–water partition coefficient (Wildman–Crippen LogP) is 8.16. The Labute approximate surface area is 248 Å². The van der Waals surface area contributed by atoms with Crippen LogP contribution in [0.3, 0.4) is 0 Å². The monoisotopic (exact) mass is 594 g/mol. The number of aromatic carboxylic acids is 1. The van der Waals surface area contributed by atoms with Gasteiger partial charge in [-0.05, 0) is 104 Å². The zero-order chi connectivity index (χ0) is 29.5. The summed E-state index contributed by atoms with van der Waals surface area (Å²) in [5.74, 6) is -1.54. The van der Waals surface area contributed by atoms with Gasteiger partial charge in [-0.1, -0.05) is 41.4 Å². The van der Waals surface area contributed by atoms with Gasteiger partial charge in [-0.25, -0.2) is 14.0 Å². The summed E-state index contributed by atoms with van der Waals surface area (Å²) in [7, 11) is 0. The second kappa shape index (κ2) is 11.3. The van der Waals surface area contributed by atoms with Gasteiger partial charge in [0, 0.05) is 34.9 Å². The highest BCUT2D eigenvalue weighted by Crippen LogP contribution is 2.42. The third kappa shape index (κ3) is 6.31. The molecule has 2 aliphatic rings. The number of aryl methyl sites for hydroxylation is 1. The number of allylic oxidation sites excluding steroid dienone is 1. The first-order valence-corrected chi connectivity index (χ1v) is 14.0. The zero-order valence-electron chi connectivity index (χ0n) is 22.9. The molecule has 6 nitrogen and oxygen atoms in total. The van der Waals surface area contributed by atoms with Gasteiger partial charge in [0.2, 0.25) is 0 Å². The number of carboxylic acids is 1. The van der Waals surface area contributed by atoms with E-state index in [-0.39, 0.29) is 17.4 Å². The van der Waals surface area contributed by atoms with Crippen molar-refractivity contribution < 1.29 is 23.8 Å². The molecule has 1 aliphatic heterocycles. The minimum atomic E-state index is -1.02. The van der Waals surface area contributed by atoms with Crippen molar-refractivity contribution in [2.24, 2.45) is 0 Å². The fraction of sp³-hybridized carbons (Fsp3) is 0.281. The summed E-state index contributed by atoms with van der Waals surface area (Å²) < 4.78 is 21.3. The number of rotatable bonds is 4. The van der Waals surface area contributed by atoms with Gasteiger partial charge in [0.1, 0.15) is 17.1 Å². The van der Waals surface area contributed by atoms with Crippen molar-refractivity contribution in [2.75, 3.05) is 13.1 Å². The van der Waals surface area contributed by atoms with Gasteiger partial charge < -0.3 is 14.7 Å². The number of halogens is 3. The number of benzene rings is 2. The fourth-order valence-electron chi connectivity index (χ4n) is 5.14. The molecule has 9 heteroatoms. The number of likely N-dealkylation sites (tertiary alicyclic amines) is 1. The molecule has 0 radical (unpaired) electrons. The normalized spacial score (nSPS) is 15.2. The molecule has 1 aromatic heterocycles. The predicted molar refractivity (Wildman–Crippen MR) is 159 cm³/mol. The van der Waals surface area contributed by atoms with Crippen molar-refractivity contribution in [3.05, 3.63) is 104 Å². The number of fused-ring (bicyclic) bond motifs is 1. The Morgan fingerprint density at radius 1 is 1.05 bits per heavy atom. The van der Waals surface area contributed by atoms with Crippen LogP contribution in [0, 0.1) is 5.82 Å². The molecule has 1 saturated heterocycles. The third-order valence-corrected chi connectivity index (χ3v) is 7.51. The van der Waals surface area contributed by atoms with Gasteiger partial charge in [-0.2, -0.15) is 0 Å². The summed E-state index contributed by atoms with van der Waals surface area (Å²) in [5, 5.41) is 10.5. The van der Waals surface area contributed by atoms with E-state index in [1.54, 1.807) is 35.4 Å². The van der Waals surface area contributed by atoms with Crippen LogP contribution in [0.25, 0.3) is 17.2 Å². The molecule has 0 bridgehead atoms. The van der Waals surface area contributed by atoms with Gasteiger partial charge in [0.15, 0.2) is 0 Å². The third-order valence-electron chi connectivity index (χ3n) is 6.96. The van der Waals surface area contributed by atoms with E-state index in [1.807, 2.05) is 32.9 Å². The fourth-order valence-corrected chi connectivity index (χ4v) is 5.66. The lowest BCUT2D eigenvalue weighted by molar-refractivity contribution is 0.0216. The molecule has 0 spiro atoms. The lowest BCUT2D eigenvalue weighted by Crippen LogP contribution is -2.46. The number of ether oxygens (including phenoxy) is 1. The summed E-state index contributed by atoms with van der Waals surface area (Å²) >= 11 is 12.8. The lowest BCUT2D eigenvalue weighted by Gasteiger charge is -2.35. The van der Waals surface area contributed by atoms with Crippen molar-refractivity contribution in [3.63, 3.8) is 0 Å². The lowest BCUT2D eigenvalue weighted by atomic mass is 9.89. The van der Waals surface area contributed by atoms with Crippen LogP contribution >= 0.6 is 23.2 Å². The highest BCUT2D eigenvalue weighted by atomic mass is 35.5. The van der Waals surface area contributed by atoms with Crippen molar-refractivity contribution in [1.29, 1.82) is 0 Å². The molecule has 5 rings (SSSR count). The summed E-state index contributed by atoms with van der Waals surface area (Å²) in [6.07, 6.45) is 4.97. The van der Waals surface area contributed by atoms with Crippen molar-refractivity contribution in [1.82, 2.24) is 9.88 Å². The average molecular weight is 595 g/mol. The number of aromatic nitrogens is 1. The van der Waals surface area contributed by atoms with E-state index < -0.39 is 17.4 Å². The Morgan fingerprint density at radius 3 is 2.44 bits per heavy atom. The molecular formula is C32H29Cl2FN2O4. The Morgan fingerprint density at radius 2 is 1.78 bits per heavy atom. The first-order valence-electron chi connectivity index (χ1n) is 13.3. The number of hydrogen-bond acceptors (Lipinski definition) is 4. The molecule has 2 aromatic carbocycles. The molecule has 1 N–H and O–H groups in total. The van der Waals surface area contributed by atoms with Crippen LogP contribution in [0.15, 0.2) is 54.2 Å². The molecule has 0 saturated carbocycles. The maximum Gasteiger partial charge on any atom is 0.410 e. The Balaban J connectivity index is 1.54. The number of pyridine rings is 1. The molecular weight excluding hydrogens is 566 g/mol. The van der Waals surface area contributed by atoms with Crippen LogP contribution < -0.4 is 0 Å². The summed E-state index contributed by atoms with van der Waals surface area (Å²) in [6, 6.07) is 11.5. The first kappa shape index (κ1) is 28.8. The maximum absolute atomic E-state index is 15.9. The molecule has 41 heavy (non-hydrogen) atoms. The molecule has 212 valence electrons. The minimum absolute atomic E-state index is 0.156. The van der Waals surface area contributed by atoms with E-state index in [0.717, 1.165) is 27.8 Å². The molecule has 1 fully saturated rings. The van der Waals surface area contributed by atoms with E-state index in [4.69, 9.17) is 27.9 Å². The number of nitrogens with zero attached hydrogens (tertiary/aromatic N) is 2. The number of amides is 1. The number of carboxylic acid groups (broad SMARTS) is 1. The van der Waals surface area contributed by atoms with Crippen LogP contribution in [-0.2, 0) is 11.2 Å².